The van der Waals surface area contributed by atoms with Crippen molar-refractivity contribution in [3.05, 3.63) is 45.6 Å². The monoisotopic (exact) mass is 399 g/mol. The molecule has 1 aliphatic rings. The highest BCUT2D eigenvalue weighted by Crippen LogP contribution is 2.25. The number of carbonyl (C=O) groups excluding carboxylic acids is 2. The van der Waals surface area contributed by atoms with E-state index in [0.29, 0.717) is 22.0 Å². The van der Waals surface area contributed by atoms with Crippen LogP contribution in [0.15, 0.2) is 40.6 Å². The van der Waals surface area contributed by atoms with Crippen molar-refractivity contribution in [1.82, 2.24) is 0 Å². The Labute approximate surface area is 153 Å². The number of carbonyl (C=O) groups is 2. The summed E-state index contributed by atoms with van der Waals surface area (Å²) in [4.78, 5) is 24.0. The fourth-order valence-electron chi connectivity index (χ4n) is 2.44. The number of esters is 1. The minimum atomic E-state index is -3.60. The van der Waals surface area contributed by atoms with Crippen LogP contribution in [0.3, 0.4) is 0 Å². The highest BCUT2D eigenvalue weighted by atomic mass is 35.5. The van der Waals surface area contributed by atoms with Crippen molar-refractivity contribution < 1.29 is 22.7 Å². The lowest BCUT2D eigenvalue weighted by atomic mass is 10.1. The molecule has 2 aromatic rings. The van der Waals surface area contributed by atoms with Gasteiger partial charge >= 0.3 is 5.97 Å². The number of halogens is 1. The molecule has 0 aliphatic carbocycles. The molecule has 9 heteroatoms. The van der Waals surface area contributed by atoms with Gasteiger partial charge in [-0.3, -0.25) is 9.59 Å². The minimum absolute atomic E-state index is 0.0966. The van der Waals surface area contributed by atoms with E-state index in [4.69, 9.17) is 16.3 Å². The fraction of sp³-hybridized carbons (Fsp3) is 0.250. The zero-order chi connectivity index (χ0) is 18.0. The molecule has 6 nitrogen and oxygen atoms in total. The standard InChI is InChI=1S/C16H14ClNO5S2/c17-13-6-8-24-14(13)15(19)18-11-1-3-12(4-2-11)25(21,22)9-10-5-7-23-16(10)20/h1-4,6,8,10H,5,7,9H2,(H,18,19). The van der Waals surface area contributed by atoms with E-state index in [1.807, 2.05) is 0 Å². The maximum absolute atomic E-state index is 12.4. The molecule has 2 heterocycles. The van der Waals surface area contributed by atoms with Crippen LogP contribution in [0.1, 0.15) is 16.1 Å². The first-order valence-electron chi connectivity index (χ1n) is 7.40. The molecule has 1 atom stereocenters. The number of benzene rings is 1. The van der Waals surface area contributed by atoms with Gasteiger partial charge in [0.1, 0.15) is 4.88 Å². The molecule has 0 radical (unpaired) electrons. The average molecular weight is 400 g/mol. The van der Waals surface area contributed by atoms with Gasteiger partial charge in [-0.2, -0.15) is 0 Å². The molecule has 25 heavy (non-hydrogen) atoms. The van der Waals surface area contributed by atoms with Crippen molar-refractivity contribution in [2.24, 2.45) is 5.92 Å². The van der Waals surface area contributed by atoms with Gasteiger partial charge in [-0.05, 0) is 42.1 Å². The Morgan fingerprint density at radius 3 is 2.56 bits per heavy atom. The highest BCUT2D eigenvalue weighted by Gasteiger charge is 2.32. The molecule has 1 saturated heterocycles. The number of nitrogens with one attached hydrogen (secondary N) is 1. The maximum Gasteiger partial charge on any atom is 0.310 e. The predicted molar refractivity (Wildman–Crippen MR) is 94.8 cm³/mol. The number of rotatable bonds is 5. The van der Waals surface area contributed by atoms with E-state index < -0.39 is 21.7 Å². The van der Waals surface area contributed by atoms with Crippen LogP contribution in [0.5, 0.6) is 0 Å². The van der Waals surface area contributed by atoms with E-state index in [-0.39, 0.29) is 23.2 Å². The van der Waals surface area contributed by atoms with E-state index in [1.54, 1.807) is 11.4 Å². The summed E-state index contributed by atoms with van der Waals surface area (Å²) in [7, 11) is -3.60. The van der Waals surface area contributed by atoms with Gasteiger partial charge in [0.15, 0.2) is 9.84 Å². The molecule has 1 aromatic heterocycles. The number of thiophene rings is 1. The van der Waals surface area contributed by atoms with Crippen LogP contribution in [0.2, 0.25) is 5.02 Å². The first kappa shape index (κ1) is 17.9. The first-order chi connectivity index (χ1) is 11.9. The Morgan fingerprint density at radius 2 is 2.00 bits per heavy atom. The Bertz CT molecular complexity index is 905. The number of ether oxygens (including phenoxy) is 1. The third-order valence-corrected chi connectivity index (χ3v) is 6.93. The number of anilines is 1. The molecule has 132 valence electrons. The molecule has 0 spiro atoms. The van der Waals surface area contributed by atoms with Gasteiger partial charge in [0, 0.05) is 5.69 Å². The van der Waals surface area contributed by atoms with Crippen LogP contribution in [0, 0.1) is 5.92 Å². The molecule has 1 unspecified atom stereocenters. The molecule has 3 rings (SSSR count). The number of amides is 1. The number of sulfone groups is 1. The Hall–Kier alpha value is -1.90. The zero-order valence-electron chi connectivity index (χ0n) is 12.9. The van der Waals surface area contributed by atoms with Gasteiger partial charge in [-0.1, -0.05) is 11.6 Å². The van der Waals surface area contributed by atoms with Crippen molar-refractivity contribution in [3.8, 4) is 0 Å². The molecule has 0 bridgehead atoms. The molecule has 1 N–H and O–H groups in total. The Kier molecular flexibility index (Phi) is 5.12. The van der Waals surface area contributed by atoms with Crippen molar-refractivity contribution in [2.75, 3.05) is 17.7 Å². The molecular formula is C16H14ClNO5S2. The minimum Gasteiger partial charge on any atom is -0.465 e. The SMILES string of the molecule is O=C(Nc1ccc(S(=O)(=O)CC2CCOC2=O)cc1)c1sccc1Cl. The van der Waals surface area contributed by atoms with Gasteiger partial charge in [-0.15, -0.1) is 11.3 Å². The van der Waals surface area contributed by atoms with E-state index in [0.717, 1.165) is 0 Å². The van der Waals surface area contributed by atoms with Gasteiger partial charge in [0.25, 0.3) is 5.91 Å². The third-order valence-electron chi connectivity index (χ3n) is 3.76. The van der Waals surface area contributed by atoms with Crippen molar-refractivity contribution in [2.45, 2.75) is 11.3 Å². The van der Waals surface area contributed by atoms with Crippen LogP contribution < -0.4 is 5.32 Å². The van der Waals surface area contributed by atoms with E-state index in [9.17, 15) is 18.0 Å². The molecule has 1 fully saturated rings. The normalized spacial score (nSPS) is 17.3. The predicted octanol–water partition coefficient (Wildman–Crippen LogP) is 2.99. The van der Waals surface area contributed by atoms with Gasteiger partial charge < -0.3 is 10.1 Å². The van der Waals surface area contributed by atoms with E-state index in [2.05, 4.69) is 5.32 Å². The summed E-state index contributed by atoms with van der Waals surface area (Å²) in [6.07, 6.45) is 0.410. The maximum atomic E-state index is 12.4. The second kappa shape index (κ2) is 7.15. The van der Waals surface area contributed by atoms with Crippen molar-refractivity contribution >= 4 is 50.3 Å². The van der Waals surface area contributed by atoms with Crippen LogP contribution in [-0.2, 0) is 19.4 Å². The zero-order valence-corrected chi connectivity index (χ0v) is 15.3. The molecule has 1 amide bonds. The summed E-state index contributed by atoms with van der Waals surface area (Å²) in [5, 5.41) is 4.74. The molecule has 1 aromatic carbocycles. The summed E-state index contributed by atoms with van der Waals surface area (Å²) in [6.45, 7) is 0.259. The van der Waals surface area contributed by atoms with Crippen LogP contribution in [-0.4, -0.2) is 32.7 Å². The lowest BCUT2D eigenvalue weighted by molar-refractivity contribution is -0.140. The first-order valence-corrected chi connectivity index (χ1v) is 10.3. The van der Waals surface area contributed by atoms with Gasteiger partial charge in [-0.25, -0.2) is 8.42 Å². The van der Waals surface area contributed by atoms with Crippen LogP contribution in [0.25, 0.3) is 0 Å². The number of hydrogen-bond acceptors (Lipinski definition) is 6. The molecule has 1 aliphatic heterocycles. The van der Waals surface area contributed by atoms with E-state index in [1.165, 1.54) is 35.6 Å². The van der Waals surface area contributed by atoms with Crippen LogP contribution >= 0.6 is 22.9 Å². The quantitative estimate of drug-likeness (QED) is 0.780. The number of hydrogen-bond donors (Lipinski definition) is 1. The lowest BCUT2D eigenvalue weighted by Crippen LogP contribution is -2.20. The second-order valence-electron chi connectivity index (χ2n) is 5.51. The third kappa shape index (κ3) is 4.02. The topological polar surface area (TPSA) is 89.5 Å². The van der Waals surface area contributed by atoms with Gasteiger partial charge in [0.2, 0.25) is 0 Å². The summed E-state index contributed by atoms with van der Waals surface area (Å²) >= 11 is 7.13. The summed E-state index contributed by atoms with van der Waals surface area (Å²) in [5.41, 5.74) is 0.452. The Balaban J connectivity index is 1.70. The lowest BCUT2D eigenvalue weighted by Gasteiger charge is -2.09. The smallest absolute Gasteiger partial charge is 0.310 e. The summed E-state index contributed by atoms with van der Waals surface area (Å²) in [6, 6.07) is 7.44. The Morgan fingerprint density at radius 1 is 1.28 bits per heavy atom. The summed E-state index contributed by atoms with van der Waals surface area (Å²) < 4.78 is 29.6. The number of cyclic esters (lactones) is 1. The largest absolute Gasteiger partial charge is 0.465 e. The highest BCUT2D eigenvalue weighted by molar-refractivity contribution is 7.91. The second-order valence-corrected chi connectivity index (χ2v) is 8.87. The van der Waals surface area contributed by atoms with Crippen molar-refractivity contribution in [3.63, 3.8) is 0 Å². The van der Waals surface area contributed by atoms with Gasteiger partial charge in [0.05, 0.1) is 28.2 Å². The van der Waals surface area contributed by atoms with Crippen molar-refractivity contribution in [1.29, 1.82) is 0 Å². The van der Waals surface area contributed by atoms with Crippen LogP contribution in [0.4, 0.5) is 5.69 Å². The summed E-state index contributed by atoms with van der Waals surface area (Å²) in [5.74, 6) is -1.72. The molecular weight excluding hydrogens is 386 g/mol. The van der Waals surface area contributed by atoms with E-state index >= 15 is 0 Å². The average Bonchev–Trinajstić information content (AvgIpc) is 3.16. The molecule has 0 saturated carbocycles. The fourth-order valence-corrected chi connectivity index (χ4v) is 5.05.